The van der Waals surface area contributed by atoms with Gasteiger partial charge in [-0.2, -0.15) is 0 Å². The maximum absolute atomic E-state index is 12.4. The molecule has 6 heteroatoms. The summed E-state index contributed by atoms with van der Waals surface area (Å²) in [4.78, 5) is 24.6. The van der Waals surface area contributed by atoms with Crippen molar-refractivity contribution in [1.29, 1.82) is 0 Å². The fraction of sp³-hybridized carbons (Fsp3) is 0.550. The van der Waals surface area contributed by atoms with Crippen molar-refractivity contribution in [2.45, 2.75) is 58.6 Å². The predicted molar refractivity (Wildman–Crippen MR) is 97.4 cm³/mol. The zero-order chi connectivity index (χ0) is 18.7. The van der Waals surface area contributed by atoms with E-state index in [9.17, 15) is 9.59 Å². The molecule has 0 saturated heterocycles. The van der Waals surface area contributed by atoms with Crippen molar-refractivity contribution < 1.29 is 18.8 Å². The summed E-state index contributed by atoms with van der Waals surface area (Å²) in [6.45, 7) is 5.99. The molecule has 0 unspecified atom stereocenters. The zero-order valence-corrected chi connectivity index (χ0v) is 15.5. The minimum Gasteiger partial charge on any atom is -0.452 e. The van der Waals surface area contributed by atoms with Gasteiger partial charge in [0.25, 0.3) is 5.91 Å². The number of amides is 1. The standard InChI is InChI=1S/C20H26N2O4/c1-12-7-6-9-16(13(12)2)21-20(24)14(3)25-19(23)11-17-15-8-4-5-10-18(15)26-22-17/h4-5,8,10,12-14,16H,6-7,9,11H2,1-3H3,(H,21,24)/t12-,13+,14+,16+/m0/s1. The molecule has 0 aliphatic heterocycles. The van der Waals surface area contributed by atoms with E-state index in [0.717, 1.165) is 18.2 Å². The van der Waals surface area contributed by atoms with Crippen LogP contribution in [0, 0.1) is 11.8 Å². The highest BCUT2D eigenvalue weighted by Gasteiger charge is 2.30. The van der Waals surface area contributed by atoms with Crippen LogP contribution < -0.4 is 5.32 Å². The van der Waals surface area contributed by atoms with Crippen LogP contribution in [0.1, 0.15) is 45.7 Å². The van der Waals surface area contributed by atoms with E-state index < -0.39 is 12.1 Å². The van der Waals surface area contributed by atoms with E-state index in [-0.39, 0.29) is 18.4 Å². The second-order valence-corrected chi connectivity index (χ2v) is 7.32. The van der Waals surface area contributed by atoms with Gasteiger partial charge in [-0.3, -0.25) is 9.59 Å². The molecule has 0 bridgehead atoms. The van der Waals surface area contributed by atoms with E-state index in [0.29, 0.717) is 23.1 Å². The number of rotatable bonds is 5. The first-order valence-corrected chi connectivity index (χ1v) is 9.29. The lowest BCUT2D eigenvalue weighted by molar-refractivity contribution is -0.154. The number of carbonyl (C=O) groups is 2. The second kappa shape index (κ2) is 7.89. The molecular formula is C20H26N2O4. The molecule has 1 aliphatic carbocycles. The molecule has 1 N–H and O–H groups in total. The molecule has 4 atom stereocenters. The number of hydrogen-bond donors (Lipinski definition) is 1. The number of nitrogens with zero attached hydrogens (tertiary/aromatic N) is 1. The Hall–Kier alpha value is -2.37. The van der Waals surface area contributed by atoms with Crippen molar-refractivity contribution in [3.8, 4) is 0 Å². The van der Waals surface area contributed by atoms with Gasteiger partial charge in [0.15, 0.2) is 11.7 Å². The Morgan fingerprint density at radius 1 is 1.31 bits per heavy atom. The van der Waals surface area contributed by atoms with Crippen LogP contribution in [0.3, 0.4) is 0 Å². The molecule has 2 aromatic rings. The Morgan fingerprint density at radius 2 is 2.08 bits per heavy atom. The molecule has 1 amide bonds. The van der Waals surface area contributed by atoms with Gasteiger partial charge in [-0.15, -0.1) is 0 Å². The van der Waals surface area contributed by atoms with E-state index in [1.165, 1.54) is 6.42 Å². The minimum absolute atomic E-state index is 0.0223. The molecule has 1 aromatic heterocycles. The maximum Gasteiger partial charge on any atom is 0.312 e. The normalized spacial score (nSPS) is 24.2. The number of esters is 1. The molecule has 1 aliphatic rings. The molecule has 1 heterocycles. The second-order valence-electron chi connectivity index (χ2n) is 7.32. The van der Waals surface area contributed by atoms with E-state index in [1.54, 1.807) is 13.0 Å². The van der Waals surface area contributed by atoms with Gasteiger partial charge in [0.2, 0.25) is 0 Å². The largest absolute Gasteiger partial charge is 0.452 e. The van der Waals surface area contributed by atoms with Crippen molar-refractivity contribution in [2.24, 2.45) is 11.8 Å². The molecule has 26 heavy (non-hydrogen) atoms. The molecule has 1 aromatic carbocycles. The number of fused-ring (bicyclic) bond motifs is 1. The van der Waals surface area contributed by atoms with Gasteiger partial charge in [-0.1, -0.05) is 44.0 Å². The van der Waals surface area contributed by atoms with Crippen LogP contribution in [0.2, 0.25) is 0 Å². The number of carbonyl (C=O) groups excluding carboxylic acids is 2. The van der Waals surface area contributed by atoms with Crippen molar-refractivity contribution in [2.75, 3.05) is 0 Å². The summed E-state index contributed by atoms with van der Waals surface area (Å²) in [6.07, 6.45) is 2.44. The Kier molecular flexibility index (Phi) is 5.59. The third-order valence-electron chi connectivity index (χ3n) is 5.48. The number of aromatic nitrogens is 1. The van der Waals surface area contributed by atoms with Crippen molar-refractivity contribution >= 4 is 22.8 Å². The molecule has 0 spiro atoms. The third kappa shape index (κ3) is 4.06. The van der Waals surface area contributed by atoms with E-state index >= 15 is 0 Å². The van der Waals surface area contributed by atoms with Crippen LogP contribution in [0.15, 0.2) is 28.8 Å². The summed E-state index contributed by atoms with van der Waals surface area (Å²) in [5.74, 6) is 0.288. The molecule has 0 radical (unpaired) electrons. The maximum atomic E-state index is 12.4. The number of para-hydroxylation sites is 1. The molecule has 3 rings (SSSR count). The van der Waals surface area contributed by atoms with Gasteiger partial charge in [-0.25, -0.2) is 0 Å². The number of benzene rings is 1. The summed E-state index contributed by atoms with van der Waals surface area (Å²) < 4.78 is 10.5. The smallest absolute Gasteiger partial charge is 0.312 e. The van der Waals surface area contributed by atoms with E-state index in [1.807, 2.05) is 18.2 Å². The van der Waals surface area contributed by atoms with Gasteiger partial charge in [0.05, 0.1) is 6.42 Å². The van der Waals surface area contributed by atoms with Crippen molar-refractivity contribution in [3.05, 3.63) is 30.0 Å². The van der Waals surface area contributed by atoms with E-state index in [4.69, 9.17) is 9.26 Å². The average molecular weight is 358 g/mol. The minimum atomic E-state index is -0.829. The SMILES string of the molecule is C[C@@H]1[C@@H](C)CCC[C@H]1NC(=O)[C@@H](C)OC(=O)Cc1noc2ccccc12. The summed E-state index contributed by atoms with van der Waals surface area (Å²) >= 11 is 0. The predicted octanol–water partition coefficient (Wildman–Crippen LogP) is 3.24. The first-order valence-electron chi connectivity index (χ1n) is 9.29. The van der Waals surface area contributed by atoms with Gasteiger partial charge in [0.1, 0.15) is 5.69 Å². The molecule has 1 saturated carbocycles. The topological polar surface area (TPSA) is 81.4 Å². The molecular weight excluding hydrogens is 332 g/mol. The highest BCUT2D eigenvalue weighted by atomic mass is 16.5. The molecule has 6 nitrogen and oxygen atoms in total. The van der Waals surface area contributed by atoms with Crippen LogP contribution in [-0.4, -0.2) is 29.2 Å². The first kappa shape index (κ1) is 18.4. The van der Waals surface area contributed by atoms with E-state index in [2.05, 4.69) is 24.3 Å². The summed E-state index contributed by atoms with van der Waals surface area (Å²) in [5.41, 5.74) is 1.15. The van der Waals surface area contributed by atoms with Gasteiger partial charge < -0.3 is 14.6 Å². The monoisotopic (exact) mass is 358 g/mol. The Bertz CT molecular complexity index is 785. The average Bonchev–Trinajstić information content (AvgIpc) is 3.02. The van der Waals surface area contributed by atoms with Crippen LogP contribution in [0.5, 0.6) is 0 Å². The Labute approximate surface area is 153 Å². The first-order chi connectivity index (χ1) is 12.5. The summed E-state index contributed by atoms with van der Waals surface area (Å²) in [5, 5.41) is 7.75. The van der Waals surface area contributed by atoms with Crippen LogP contribution in [0.4, 0.5) is 0 Å². The third-order valence-corrected chi connectivity index (χ3v) is 5.48. The Balaban J connectivity index is 1.54. The lowest BCUT2D eigenvalue weighted by atomic mass is 9.78. The fourth-order valence-corrected chi connectivity index (χ4v) is 3.58. The van der Waals surface area contributed by atoms with Crippen LogP contribution in [-0.2, 0) is 20.7 Å². The Morgan fingerprint density at radius 3 is 2.88 bits per heavy atom. The zero-order valence-electron chi connectivity index (χ0n) is 15.5. The van der Waals surface area contributed by atoms with Gasteiger partial charge >= 0.3 is 5.97 Å². The number of nitrogens with one attached hydrogen (secondary N) is 1. The number of ether oxygens (including phenoxy) is 1. The summed E-state index contributed by atoms with van der Waals surface area (Å²) in [6, 6.07) is 7.48. The fourth-order valence-electron chi connectivity index (χ4n) is 3.58. The molecule has 140 valence electrons. The van der Waals surface area contributed by atoms with Crippen molar-refractivity contribution in [1.82, 2.24) is 10.5 Å². The number of hydrogen-bond acceptors (Lipinski definition) is 5. The van der Waals surface area contributed by atoms with Gasteiger partial charge in [0, 0.05) is 11.4 Å². The highest BCUT2D eigenvalue weighted by Crippen LogP contribution is 2.29. The highest BCUT2D eigenvalue weighted by molar-refractivity contribution is 5.86. The lowest BCUT2D eigenvalue weighted by Gasteiger charge is -2.35. The summed E-state index contributed by atoms with van der Waals surface area (Å²) in [7, 11) is 0. The van der Waals surface area contributed by atoms with Gasteiger partial charge in [-0.05, 0) is 37.3 Å². The van der Waals surface area contributed by atoms with Crippen LogP contribution >= 0.6 is 0 Å². The molecule has 1 fully saturated rings. The van der Waals surface area contributed by atoms with Crippen LogP contribution in [0.25, 0.3) is 11.0 Å². The quantitative estimate of drug-likeness (QED) is 0.830. The lowest BCUT2D eigenvalue weighted by Crippen LogP contribution is -2.47. The van der Waals surface area contributed by atoms with Crippen molar-refractivity contribution in [3.63, 3.8) is 0 Å².